The van der Waals surface area contributed by atoms with Crippen LogP contribution in [-0.2, 0) is 23.1 Å². The largest absolute Gasteiger partial charge is 0.307 e. The summed E-state index contributed by atoms with van der Waals surface area (Å²) in [6.45, 7) is 0.335. The van der Waals surface area contributed by atoms with Crippen molar-refractivity contribution in [1.82, 2.24) is 19.3 Å². The second-order valence-electron chi connectivity index (χ2n) is 6.33. The van der Waals surface area contributed by atoms with Gasteiger partial charge in [0, 0.05) is 11.2 Å². The molecule has 0 fully saturated rings. The van der Waals surface area contributed by atoms with E-state index in [4.69, 9.17) is 11.6 Å². The fraction of sp³-hybridized carbons (Fsp3) is 0.100. The number of halogens is 2. The van der Waals surface area contributed by atoms with Crippen LogP contribution in [0.15, 0.2) is 71.8 Å². The van der Waals surface area contributed by atoms with Gasteiger partial charge in [-0.3, -0.25) is 0 Å². The van der Waals surface area contributed by atoms with Crippen molar-refractivity contribution in [2.45, 2.75) is 18.0 Å². The van der Waals surface area contributed by atoms with E-state index in [1.807, 2.05) is 28.8 Å². The second kappa shape index (κ2) is 7.90. The normalized spacial score (nSPS) is 11.8. The van der Waals surface area contributed by atoms with Crippen LogP contribution in [0.5, 0.6) is 0 Å². The van der Waals surface area contributed by atoms with Crippen LogP contribution in [0.2, 0.25) is 5.02 Å². The number of rotatable bonds is 6. The molecule has 0 aliphatic heterocycles. The van der Waals surface area contributed by atoms with Crippen LogP contribution in [-0.4, -0.2) is 23.0 Å². The Morgan fingerprint density at radius 3 is 2.55 bits per heavy atom. The first-order valence-electron chi connectivity index (χ1n) is 8.73. The van der Waals surface area contributed by atoms with Gasteiger partial charge in [-0.15, -0.1) is 0 Å². The van der Waals surface area contributed by atoms with Crippen molar-refractivity contribution < 1.29 is 12.8 Å². The van der Waals surface area contributed by atoms with Crippen molar-refractivity contribution in [2.75, 3.05) is 0 Å². The van der Waals surface area contributed by atoms with Gasteiger partial charge in [-0.25, -0.2) is 27.5 Å². The molecule has 2 aromatic heterocycles. The van der Waals surface area contributed by atoms with Gasteiger partial charge in [0.2, 0.25) is 10.0 Å². The number of fused-ring (bicyclic) bond motifs is 1. The first-order chi connectivity index (χ1) is 13.9. The molecular weight excluding hydrogens is 415 g/mol. The van der Waals surface area contributed by atoms with E-state index in [9.17, 15) is 12.8 Å². The standard InChI is InChI=1S/C20H16ClFN4O2S/c21-17-5-2-1-4-14(17)13-26-19(25-18-6-3-11-23-20(18)26)12-24-29(27,28)16-9-7-15(22)8-10-16/h1-11,24H,12-13H2. The number of nitrogens with zero attached hydrogens (tertiary/aromatic N) is 3. The highest BCUT2D eigenvalue weighted by Crippen LogP contribution is 2.21. The third-order valence-corrected chi connectivity index (χ3v) is 6.20. The van der Waals surface area contributed by atoms with E-state index in [2.05, 4.69) is 14.7 Å². The summed E-state index contributed by atoms with van der Waals surface area (Å²) in [5.74, 6) is -0.0131. The van der Waals surface area contributed by atoms with Crippen molar-refractivity contribution in [1.29, 1.82) is 0 Å². The molecule has 6 nitrogen and oxygen atoms in total. The lowest BCUT2D eigenvalue weighted by Gasteiger charge is -2.11. The molecule has 0 atom stereocenters. The topological polar surface area (TPSA) is 76.9 Å². The van der Waals surface area contributed by atoms with E-state index < -0.39 is 15.8 Å². The molecule has 0 aliphatic rings. The monoisotopic (exact) mass is 430 g/mol. The summed E-state index contributed by atoms with van der Waals surface area (Å²) in [6.07, 6.45) is 1.65. The van der Waals surface area contributed by atoms with E-state index in [1.165, 1.54) is 12.1 Å². The molecule has 29 heavy (non-hydrogen) atoms. The maximum Gasteiger partial charge on any atom is 0.240 e. The number of sulfonamides is 1. The summed E-state index contributed by atoms with van der Waals surface area (Å²) in [5.41, 5.74) is 2.14. The number of hydrogen-bond acceptors (Lipinski definition) is 4. The van der Waals surface area contributed by atoms with Crippen LogP contribution in [0.4, 0.5) is 4.39 Å². The van der Waals surface area contributed by atoms with Gasteiger partial charge in [0.1, 0.15) is 17.2 Å². The van der Waals surface area contributed by atoms with Gasteiger partial charge in [-0.05, 0) is 48.0 Å². The zero-order valence-electron chi connectivity index (χ0n) is 15.1. The molecule has 0 spiro atoms. The highest BCUT2D eigenvalue weighted by Gasteiger charge is 2.18. The molecule has 148 valence electrons. The Bertz CT molecular complexity index is 1270. The second-order valence-corrected chi connectivity index (χ2v) is 8.50. The molecule has 0 saturated heterocycles. The van der Waals surface area contributed by atoms with Crippen molar-refractivity contribution >= 4 is 32.8 Å². The molecule has 0 radical (unpaired) electrons. The number of nitrogens with one attached hydrogen (secondary N) is 1. The van der Waals surface area contributed by atoms with Crippen LogP contribution < -0.4 is 4.72 Å². The van der Waals surface area contributed by atoms with E-state index >= 15 is 0 Å². The highest BCUT2D eigenvalue weighted by molar-refractivity contribution is 7.89. The number of hydrogen-bond donors (Lipinski definition) is 1. The van der Waals surface area contributed by atoms with Gasteiger partial charge in [-0.2, -0.15) is 0 Å². The highest BCUT2D eigenvalue weighted by atomic mass is 35.5. The van der Waals surface area contributed by atoms with Gasteiger partial charge in [0.15, 0.2) is 5.65 Å². The average molecular weight is 431 g/mol. The minimum atomic E-state index is -3.83. The van der Waals surface area contributed by atoms with Crippen molar-refractivity contribution in [3.05, 3.63) is 89.1 Å². The summed E-state index contributed by atoms with van der Waals surface area (Å²) in [6, 6.07) is 15.6. The van der Waals surface area contributed by atoms with Crippen LogP contribution in [0.3, 0.4) is 0 Å². The minimum Gasteiger partial charge on any atom is -0.307 e. The Morgan fingerprint density at radius 1 is 1.03 bits per heavy atom. The molecule has 2 aromatic carbocycles. The molecule has 0 saturated carbocycles. The van der Waals surface area contributed by atoms with E-state index in [1.54, 1.807) is 18.3 Å². The molecule has 9 heteroatoms. The Balaban J connectivity index is 1.67. The maximum atomic E-state index is 13.1. The molecule has 0 amide bonds. The summed E-state index contributed by atoms with van der Waals surface area (Å²) in [7, 11) is -3.83. The zero-order valence-corrected chi connectivity index (χ0v) is 16.7. The lowest BCUT2D eigenvalue weighted by atomic mass is 10.2. The summed E-state index contributed by atoms with van der Waals surface area (Å²) in [4.78, 5) is 8.88. The fourth-order valence-electron chi connectivity index (χ4n) is 2.96. The first-order valence-corrected chi connectivity index (χ1v) is 10.6. The van der Waals surface area contributed by atoms with Crippen LogP contribution in [0.25, 0.3) is 11.2 Å². The summed E-state index contributed by atoms with van der Waals surface area (Å²) < 4.78 is 42.5. The molecule has 0 bridgehead atoms. The van der Waals surface area contributed by atoms with E-state index in [0.717, 1.165) is 17.7 Å². The molecule has 4 rings (SSSR count). The van der Waals surface area contributed by atoms with Gasteiger partial charge in [0.05, 0.1) is 18.0 Å². The Kier molecular flexibility index (Phi) is 5.31. The SMILES string of the molecule is O=S(=O)(NCc1nc2cccnc2n1Cc1ccccc1Cl)c1ccc(F)cc1. The average Bonchev–Trinajstić information content (AvgIpc) is 3.06. The molecule has 0 unspecified atom stereocenters. The maximum absolute atomic E-state index is 13.1. The lowest BCUT2D eigenvalue weighted by molar-refractivity contribution is 0.575. The molecule has 4 aromatic rings. The fourth-order valence-corrected chi connectivity index (χ4v) is 4.14. The quantitative estimate of drug-likeness (QED) is 0.505. The van der Waals surface area contributed by atoms with Gasteiger partial charge in [-0.1, -0.05) is 29.8 Å². The predicted octanol–water partition coefficient (Wildman–Crippen LogP) is 3.75. The predicted molar refractivity (Wildman–Crippen MR) is 109 cm³/mol. The van der Waals surface area contributed by atoms with Crippen molar-refractivity contribution in [2.24, 2.45) is 0 Å². The Hall–Kier alpha value is -2.81. The third kappa shape index (κ3) is 4.14. The Morgan fingerprint density at radius 2 is 1.79 bits per heavy atom. The molecule has 1 N–H and O–H groups in total. The first kappa shape index (κ1) is 19.5. The lowest BCUT2D eigenvalue weighted by Crippen LogP contribution is -2.25. The van der Waals surface area contributed by atoms with Crippen LogP contribution in [0.1, 0.15) is 11.4 Å². The van der Waals surface area contributed by atoms with Crippen LogP contribution in [0, 0.1) is 5.82 Å². The van der Waals surface area contributed by atoms with E-state index in [-0.39, 0.29) is 11.4 Å². The summed E-state index contributed by atoms with van der Waals surface area (Å²) in [5, 5.41) is 0.600. The Labute approximate surface area is 172 Å². The zero-order chi connectivity index (χ0) is 20.4. The van der Waals surface area contributed by atoms with Crippen molar-refractivity contribution in [3.63, 3.8) is 0 Å². The number of pyridine rings is 1. The van der Waals surface area contributed by atoms with Gasteiger partial charge < -0.3 is 4.57 Å². The number of benzene rings is 2. The smallest absolute Gasteiger partial charge is 0.240 e. The van der Waals surface area contributed by atoms with Gasteiger partial charge >= 0.3 is 0 Å². The number of aromatic nitrogens is 3. The van der Waals surface area contributed by atoms with E-state index in [0.29, 0.717) is 28.6 Å². The van der Waals surface area contributed by atoms with Crippen molar-refractivity contribution in [3.8, 4) is 0 Å². The van der Waals surface area contributed by atoms with Crippen LogP contribution >= 0.6 is 11.6 Å². The van der Waals surface area contributed by atoms with Gasteiger partial charge in [0.25, 0.3) is 0 Å². The minimum absolute atomic E-state index is 0.0224. The molecule has 2 heterocycles. The molecular formula is C20H16ClFN4O2S. The summed E-state index contributed by atoms with van der Waals surface area (Å²) >= 11 is 6.29. The number of imidazole rings is 1. The third-order valence-electron chi connectivity index (χ3n) is 4.41. The molecule has 0 aliphatic carbocycles.